The van der Waals surface area contributed by atoms with E-state index in [4.69, 9.17) is 16.0 Å². The Morgan fingerprint density at radius 1 is 0.522 bits per heavy atom. The van der Waals surface area contributed by atoms with Crippen molar-refractivity contribution in [2.45, 2.75) is 26.3 Å². The molecule has 67 heavy (non-hydrogen) atoms. The van der Waals surface area contributed by atoms with Crippen LogP contribution in [0.2, 0.25) is 0 Å². The zero-order valence-electron chi connectivity index (χ0n) is 37.7. The first-order chi connectivity index (χ1) is 33.0. The molecule has 0 spiro atoms. The lowest BCUT2D eigenvalue weighted by Crippen LogP contribution is -2.13. The predicted octanol–water partition coefficient (Wildman–Crippen LogP) is 17.6. The van der Waals surface area contributed by atoms with Gasteiger partial charge in [0.1, 0.15) is 11.2 Å². The zero-order valence-corrected chi connectivity index (χ0v) is 37.7. The maximum atomic E-state index is 7.03. The lowest BCUT2D eigenvalue weighted by atomic mass is 9.84. The number of para-hydroxylation sites is 1. The van der Waals surface area contributed by atoms with Gasteiger partial charge in [0.25, 0.3) is 0 Å². The highest BCUT2D eigenvalue weighted by Crippen LogP contribution is 2.46. The number of furan rings is 1. The zero-order chi connectivity index (χ0) is 45.0. The van der Waals surface area contributed by atoms with Gasteiger partial charge < -0.3 is 8.98 Å². The topological polar surface area (TPSA) is 30.4 Å². The van der Waals surface area contributed by atoms with Gasteiger partial charge in [-0.1, -0.05) is 196 Å². The maximum Gasteiger partial charge on any atom is 0.145 e. The van der Waals surface area contributed by atoms with Crippen LogP contribution in [-0.2, 0) is 0 Å². The summed E-state index contributed by atoms with van der Waals surface area (Å²) in [6.45, 7) is 9.43. The highest BCUT2D eigenvalue weighted by Gasteiger charge is 2.28. The molecule has 0 aliphatic rings. The van der Waals surface area contributed by atoms with Gasteiger partial charge in [-0.05, 0) is 109 Å². The third-order valence-electron chi connectivity index (χ3n) is 13.9. The van der Waals surface area contributed by atoms with Crippen LogP contribution in [-0.4, -0.2) is 10.3 Å². The molecule has 0 fully saturated rings. The number of benzene rings is 10. The number of hydrogen-bond acceptors (Lipinski definition) is 2. The molecule has 0 N–H and O–H groups in total. The van der Waals surface area contributed by atoms with Crippen molar-refractivity contribution in [3.8, 4) is 27.9 Å². The van der Waals surface area contributed by atoms with E-state index in [1.54, 1.807) is 0 Å². The summed E-state index contributed by atoms with van der Waals surface area (Å²) >= 11 is 0. The first kappa shape index (κ1) is 40.3. The van der Waals surface area contributed by atoms with Gasteiger partial charge >= 0.3 is 0 Å². The molecule has 0 bridgehead atoms. The number of nitrogens with zero attached hydrogens (tertiary/aromatic N) is 2. The highest BCUT2D eigenvalue weighted by atomic mass is 16.3. The van der Waals surface area contributed by atoms with Crippen LogP contribution >= 0.6 is 0 Å². The predicted molar refractivity (Wildman–Crippen MR) is 285 cm³/mol. The fraction of sp³-hybridized carbons (Fsp3) is 0.0781. The molecule has 10 aromatic carbocycles. The van der Waals surface area contributed by atoms with E-state index < -0.39 is 0 Å². The van der Waals surface area contributed by atoms with Crippen LogP contribution < -0.4 is 0 Å². The second kappa shape index (κ2) is 16.6. The molecule has 3 heteroatoms. The van der Waals surface area contributed by atoms with Crippen LogP contribution in [0.1, 0.15) is 43.0 Å². The second-order valence-electron chi connectivity index (χ2n) is 17.8. The molecule has 12 rings (SSSR count). The first-order valence-corrected chi connectivity index (χ1v) is 23.4. The molecule has 0 radical (unpaired) electrons. The molecule has 2 aromatic heterocycles. The highest BCUT2D eigenvalue weighted by molar-refractivity contribution is 6.24. The van der Waals surface area contributed by atoms with Crippen molar-refractivity contribution in [1.29, 1.82) is 0 Å². The summed E-state index contributed by atoms with van der Waals surface area (Å²) in [6.07, 6.45) is 0.780. The van der Waals surface area contributed by atoms with Crippen molar-refractivity contribution in [2.24, 2.45) is 10.9 Å². The summed E-state index contributed by atoms with van der Waals surface area (Å²) in [5.74, 6) is -0.102. The SMILES string of the molecule is C=C(c1ccc(-n2c3cc4ccccc4cc3c3c4ccccc4ccc32)c2c1oc1ccccc12)C(C)C(N=C(CC)c1cccc(-c2ccccc2)c1)c1ccc(-c2ccccc2)cc1. The van der Waals surface area contributed by atoms with E-state index in [0.717, 1.165) is 73.1 Å². The third kappa shape index (κ3) is 6.94. The minimum absolute atomic E-state index is 0.102. The van der Waals surface area contributed by atoms with Gasteiger partial charge in [-0.15, -0.1) is 0 Å². The van der Waals surface area contributed by atoms with E-state index in [1.165, 1.54) is 54.6 Å². The summed E-state index contributed by atoms with van der Waals surface area (Å²) in [7, 11) is 0. The first-order valence-electron chi connectivity index (χ1n) is 23.4. The molecule has 0 aliphatic heterocycles. The Morgan fingerprint density at radius 2 is 1.15 bits per heavy atom. The fourth-order valence-electron chi connectivity index (χ4n) is 10.4. The normalized spacial score (nSPS) is 13.0. The molecule has 2 atom stereocenters. The standard InChI is InChI=1S/C64H48N2O/c1-4-56(51-26-17-25-48(38-51)44-20-9-6-10-21-44)65-63(47-32-30-45(31-33-47)43-18-7-5-8-19-43)42(3)41(2)52-35-37-58(62-54-28-15-16-29-60(54)67-64(52)62)66-57-36-34-46-22-13-14-27-53(46)61(57)55-39-49-23-11-12-24-50(49)40-59(55)66/h5-40,42,63H,2,4H2,1,3H3. The quantitative estimate of drug-likeness (QED) is 0.126. The van der Waals surface area contributed by atoms with E-state index in [0.29, 0.717) is 0 Å². The van der Waals surface area contributed by atoms with Crippen LogP contribution in [0.4, 0.5) is 0 Å². The monoisotopic (exact) mass is 860 g/mol. The Balaban J connectivity index is 1.04. The summed E-state index contributed by atoms with van der Waals surface area (Å²) in [6, 6.07) is 78.4. The molecule has 320 valence electrons. The van der Waals surface area contributed by atoms with Crippen molar-refractivity contribution in [2.75, 3.05) is 0 Å². The number of fused-ring (bicyclic) bond motifs is 9. The molecule has 2 unspecified atom stereocenters. The van der Waals surface area contributed by atoms with Gasteiger partial charge in [0, 0.05) is 33.4 Å². The number of rotatable bonds is 10. The van der Waals surface area contributed by atoms with Gasteiger partial charge in [0.15, 0.2) is 0 Å². The Labute approximate surface area is 390 Å². The average Bonchev–Trinajstić information content (AvgIpc) is 3.94. The largest absolute Gasteiger partial charge is 0.455 e. The van der Waals surface area contributed by atoms with Gasteiger partial charge in [0.05, 0.1) is 28.1 Å². The Bertz CT molecular complexity index is 3870. The molecule has 2 heterocycles. The third-order valence-corrected chi connectivity index (χ3v) is 13.9. The van der Waals surface area contributed by atoms with Crippen LogP contribution in [0, 0.1) is 5.92 Å². The molecule has 3 nitrogen and oxygen atoms in total. The maximum absolute atomic E-state index is 7.03. The average molecular weight is 861 g/mol. The van der Waals surface area contributed by atoms with Crippen molar-refractivity contribution in [3.63, 3.8) is 0 Å². The van der Waals surface area contributed by atoms with Gasteiger partial charge in [-0.25, -0.2) is 0 Å². The molecular weight excluding hydrogens is 813 g/mol. The van der Waals surface area contributed by atoms with Crippen molar-refractivity contribution < 1.29 is 4.42 Å². The van der Waals surface area contributed by atoms with E-state index in [9.17, 15) is 0 Å². The van der Waals surface area contributed by atoms with E-state index in [1.807, 2.05) is 0 Å². The molecule has 0 saturated heterocycles. The smallest absolute Gasteiger partial charge is 0.145 e. The number of aromatic nitrogens is 1. The lowest BCUT2D eigenvalue weighted by Gasteiger charge is -2.25. The fourth-order valence-corrected chi connectivity index (χ4v) is 10.4. The Kier molecular flexibility index (Phi) is 9.99. The van der Waals surface area contributed by atoms with E-state index in [-0.39, 0.29) is 12.0 Å². The Hall–Kier alpha value is -8.27. The summed E-state index contributed by atoms with van der Waals surface area (Å²) in [5.41, 5.74) is 15.1. The van der Waals surface area contributed by atoms with Crippen molar-refractivity contribution in [1.82, 2.24) is 4.57 Å². The minimum Gasteiger partial charge on any atom is -0.455 e. The summed E-state index contributed by atoms with van der Waals surface area (Å²) in [4.78, 5) is 5.74. The number of hydrogen-bond donors (Lipinski definition) is 0. The summed E-state index contributed by atoms with van der Waals surface area (Å²) < 4.78 is 9.49. The molecule has 0 saturated carbocycles. The van der Waals surface area contributed by atoms with Gasteiger partial charge in [-0.3, -0.25) is 4.99 Å². The number of aliphatic imine (C=N–C) groups is 1. The van der Waals surface area contributed by atoms with E-state index in [2.05, 4.69) is 237 Å². The van der Waals surface area contributed by atoms with E-state index >= 15 is 0 Å². The minimum atomic E-state index is -0.231. The van der Waals surface area contributed by atoms with Crippen LogP contribution in [0.5, 0.6) is 0 Å². The van der Waals surface area contributed by atoms with Gasteiger partial charge in [-0.2, -0.15) is 0 Å². The van der Waals surface area contributed by atoms with Crippen LogP contribution in [0.15, 0.2) is 234 Å². The second-order valence-corrected chi connectivity index (χ2v) is 17.8. The van der Waals surface area contributed by atoms with Crippen molar-refractivity contribution in [3.05, 3.63) is 242 Å². The molecular formula is C64H48N2O. The van der Waals surface area contributed by atoms with Gasteiger partial charge in [0.2, 0.25) is 0 Å². The molecule has 0 aliphatic carbocycles. The lowest BCUT2D eigenvalue weighted by molar-refractivity contribution is 0.582. The Morgan fingerprint density at radius 3 is 1.90 bits per heavy atom. The molecule has 12 aromatic rings. The van der Waals surface area contributed by atoms with Crippen LogP contribution in [0.25, 0.3) is 98.8 Å². The molecule has 0 amide bonds. The van der Waals surface area contributed by atoms with Crippen LogP contribution in [0.3, 0.4) is 0 Å². The summed E-state index contributed by atoms with van der Waals surface area (Å²) in [5, 5.41) is 9.53. The van der Waals surface area contributed by atoms with Crippen molar-refractivity contribution >= 4 is 76.6 Å².